The lowest BCUT2D eigenvalue weighted by Gasteiger charge is -2.37. The van der Waals surface area contributed by atoms with Gasteiger partial charge < -0.3 is 15.5 Å². The molecule has 1 saturated carbocycles. The average Bonchev–Trinajstić information content (AvgIpc) is 2.86. The third-order valence-corrected chi connectivity index (χ3v) is 5.28. The van der Waals surface area contributed by atoms with Gasteiger partial charge in [-0.2, -0.15) is 0 Å². The summed E-state index contributed by atoms with van der Waals surface area (Å²) in [4.78, 5) is 11.1. The van der Waals surface area contributed by atoms with Crippen molar-refractivity contribution in [2.75, 3.05) is 5.32 Å². The standard InChI is InChI=1S/C14H16BrClN4O2.ClH/c1-6(7-2-9(17)3-7)18-11-5-8(4-10(15)12(11)16)13-19-20-14(21)22-13;/h4-7,9,18H,2-3,17H2,1H3,(H,20,21);1H/t6-,7?,9?;/m0./s1. The van der Waals surface area contributed by atoms with Crippen molar-refractivity contribution in [3.8, 4) is 11.5 Å². The van der Waals surface area contributed by atoms with Crippen molar-refractivity contribution in [2.24, 2.45) is 11.7 Å². The Morgan fingerprint density at radius 1 is 1.52 bits per heavy atom. The van der Waals surface area contributed by atoms with Gasteiger partial charge in [-0.15, -0.1) is 17.5 Å². The van der Waals surface area contributed by atoms with Gasteiger partial charge in [0.1, 0.15) is 0 Å². The monoisotopic (exact) mass is 422 g/mol. The number of nitrogens with one attached hydrogen (secondary N) is 2. The largest absolute Gasteiger partial charge is 0.434 e. The van der Waals surface area contributed by atoms with E-state index in [-0.39, 0.29) is 24.3 Å². The molecule has 1 heterocycles. The average molecular weight is 424 g/mol. The van der Waals surface area contributed by atoms with E-state index in [1.807, 2.05) is 6.07 Å². The molecule has 2 aromatic rings. The number of anilines is 1. The molecular formula is C14H17BrCl2N4O2. The molecule has 0 spiro atoms. The summed E-state index contributed by atoms with van der Waals surface area (Å²) < 4.78 is 5.69. The SMILES string of the molecule is C[C@H](Nc1cc(-c2n[nH]c(=O)o2)cc(Br)c1Cl)C1CC(N)C1.Cl. The van der Waals surface area contributed by atoms with Crippen molar-refractivity contribution >= 4 is 45.6 Å². The second-order valence-electron chi connectivity index (χ2n) is 5.66. The number of hydrogen-bond donors (Lipinski definition) is 3. The van der Waals surface area contributed by atoms with Crippen LogP contribution in [0, 0.1) is 5.92 Å². The lowest BCUT2D eigenvalue weighted by Crippen LogP contribution is -2.43. The van der Waals surface area contributed by atoms with Gasteiger partial charge in [-0.3, -0.25) is 0 Å². The minimum Gasteiger partial charge on any atom is -0.388 e. The third-order valence-electron chi connectivity index (χ3n) is 4.01. The highest BCUT2D eigenvalue weighted by Crippen LogP contribution is 2.37. The van der Waals surface area contributed by atoms with E-state index < -0.39 is 5.76 Å². The molecule has 0 radical (unpaired) electrons. The zero-order valence-electron chi connectivity index (χ0n) is 12.3. The van der Waals surface area contributed by atoms with E-state index in [2.05, 4.69) is 38.4 Å². The summed E-state index contributed by atoms with van der Waals surface area (Å²) in [6.07, 6.45) is 2.03. The van der Waals surface area contributed by atoms with Gasteiger partial charge in [0.15, 0.2) is 0 Å². The predicted octanol–water partition coefficient (Wildman–Crippen LogP) is 3.41. The molecule has 9 heteroatoms. The zero-order valence-corrected chi connectivity index (χ0v) is 15.5. The molecule has 0 saturated heterocycles. The molecule has 0 bridgehead atoms. The maximum Gasteiger partial charge on any atom is 0.434 e. The van der Waals surface area contributed by atoms with E-state index in [0.29, 0.717) is 27.0 Å². The van der Waals surface area contributed by atoms with Crippen LogP contribution in [-0.4, -0.2) is 22.3 Å². The summed E-state index contributed by atoms with van der Waals surface area (Å²) in [5, 5.41) is 10.1. The summed E-state index contributed by atoms with van der Waals surface area (Å²) in [5.41, 5.74) is 7.27. The van der Waals surface area contributed by atoms with Crippen LogP contribution in [0.2, 0.25) is 5.02 Å². The number of nitrogens with zero attached hydrogens (tertiary/aromatic N) is 1. The van der Waals surface area contributed by atoms with Gasteiger partial charge in [-0.25, -0.2) is 9.89 Å². The molecule has 4 N–H and O–H groups in total. The lowest BCUT2D eigenvalue weighted by molar-refractivity contribution is 0.241. The molecule has 23 heavy (non-hydrogen) atoms. The Hall–Kier alpha value is -1.02. The van der Waals surface area contributed by atoms with Crippen molar-refractivity contribution in [2.45, 2.75) is 31.8 Å². The second-order valence-corrected chi connectivity index (χ2v) is 6.89. The van der Waals surface area contributed by atoms with Crippen LogP contribution in [0.5, 0.6) is 0 Å². The minimum atomic E-state index is -0.590. The number of aromatic amines is 1. The fourth-order valence-electron chi connectivity index (χ4n) is 2.65. The Bertz CT molecular complexity index is 743. The van der Waals surface area contributed by atoms with Crippen molar-refractivity contribution < 1.29 is 4.42 Å². The Balaban J connectivity index is 0.00000192. The molecule has 0 amide bonds. The number of aromatic nitrogens is 2. The zero-order chi connectivity index (χ0) is 15.9. The summed E-state index contributed by atoms with van der Waals surface area (Å²) in [5.74, 6) is 0.174. The van der Waals surface area contributed by atoms with Crippen LogP contribution in [0.1, 0.15) is 19.8 Å². The normalized spacial score (nSPS) is 21.2. The minimum absolute atomic E-state index is 0. The smallest absolute Gasteiger partial charge is 0.388 e. The summed E-state index contributed by atoms with van der Waals surface area (Å²) in [6.45, 7) is 2.11. The Morgan fingerprint density at radius 3 is 2.78 bits per heavy atom. The van der Waals surface area contributed by atoms with Crippen LogP contribution < -0.4 is 16.8 Å². The van der Waals surface area contributed by atoms with E-state index in [9.17, 15) is 4.79 Å². The van der Waals surface area contributed by atoms with Gasteiger partial charge >= 0.3 is 5.76 Å². The quantitative estimate of drug-likeness (QED) is 0.699. The lowest BCUT2D eigenvalue weighted by atomic mass is 9.76. The second kappa shape index (κ2) is 7.25. The Kier molecular flexibility index (Phi) is 5.78. The molecule has 1 aromatic carbocycles. The molecule has 3 rings (SSSR count). The van der Waals surface area contributed by atoms with Crippen LogP contribution in [-0.2, 0) is 0 Å². The van der Waals surface area contributed by atoms with Crippen molar-refractivity contribution in [1.82, 2.24) is 10.2 Å². The number of halogens is 3. The first-order chi connectivity index (χ1) is 10.4. The van der Waals surface area contributed by atoms with E-state index in [1.54, 1.807) is 6.07 Å². The van der Waals surface area contributed by atoms with Crippen LogP contribution in [0.15, 0.2) is 25.8 Å². The predicted molar refractivity (Wildman–Crippen MR) is 96.3 cm³/mol. The molecule has 1 aliphatic rings. The van der Waals surface area contributed by atoms with Gasteiger partial charge in [0, 0.05) is 22.1 Å². The molecular weight excluding hydrogens is 407 g/mol. The van der Waals surface area contributed by atoms with E-state index in [0.717, 1.165) is 18.5 Å². The van der Waals surface area contributed by atoms with Gasteiger partial charge in [0.25, 0.3) is 0 Å². The highest BCUT2D eigenvalue weighted by atomic mass is 79.9. The number of H-pyrrole nitrogens is 1. The number of nitrogens with two attached hydrogens (primary N) is 1. The fourth-order valence-corrected chi connectivity index (χ4v) is 3.27. The maximum absolute atomic E-state index is 11.1. The first-order valence-corrected chi connectivity index (χ1v) is 8.18. The third kappa shape index (κ3) is 3.91. The first-order valence-electron chi connectivity index (χ1n) is 7.01. The van der Waals surface area contributed by atoms with Gasteiger partial charge in [0.05, 0.1) is 10.7 Å². The van der Waals surface area contributed by atoms with Crippen molar-refractivity contribution in [3.63, 3.8) is 0 Å². The molecule has 0 unspecified atom stereocenters. The molecule has 1 aliphatic carbocycles. The first kappa shape index (κ1) is 18.3. The summed E-state index contributed by atoms with van der Waals surface area (Å²) >= 11 is 9.76. The van der Waals surface area contributed by atoms with Gasteiger partial charge in [0.2, 0.25) is 5.89 Å². The summed E-state index contributed by atoms with van der Waals surface area (Å²) in [6, 6.07) is 4.14. The van der Waals surface area contributed by atoms with Crippen molar-refractivity contribution in [3.05, 3.63) is 32.2 Å². The van der Waals surface area contributed by atoms with E-state index >= 15 is 0 Å². The molecule has 1 fully saturated rings. The van der Waals surface area contributed by atoms with Crippen LogP contribution in [0.3, 0.4) is 0 Å². The number of hydrogen-bond acceptors (Lipinski definition) is 5. The van der Waals surface area contributed by atoms with Crippen molar-refractivity contribution in [1.29, 1.82) is 0 Å². The number of benzene rings is 1. The Morgan fingerprint density at radius 2 is 2.22 bits per heavy atom. The molecule has 0 aliphatic heterocycles. The molecule has 126 valence electrons. The molecule has 1 atom stereocenters. The van der Waals surface area contributed by atoms with E-state index in [1.165, 1.54) is 0 Å². The molecule has 1 aromatic heterocycles. The summed E-state index contributed by atoms with van der Waals surface area (Å²) in [7, 11) is 0. The van der Waals surface area contributed by atoms with Gasteiger partial charge in [-0.1, -0.05) is 11.6 Å². The van der Waals surface area contributed by atoms with Crippen LogP contribution in [0.4, 0.5) is 5.69 Å². The number of rotatable bonds is 4. The van der Waals surface area contributed by atoms with Gasteiger partial charge in [-0.05, 0) is 53.7 Å². The highest BCUT2D eigenvalue weighted by Gasteiger charge is 2.30. The topological polar surface area (TPSA) is 96.9 Å². The maximum atomic E-state index is 11.1. The Labute approximate surface area is 152 Å². The molecule has 6 nitrogen and oxygen atoms in total. The highest BCUT2D eigenvalue weighted by molar-refractivity contribution is 9.10. The van der Waals surface area contributed by atoms with Crippen LogP contribution >= 0.6 is 39.9 Å². The van der Waals surface area contributed by atoms with E-state index in [4.69, 9.17) is 21.8 Å². The van der Waals surface area contributed by atoms with Crippen LogP contribution in [0.25, 0.3) is 11.5 Å². The fraction of sp³-hybridized carbons (Fsp3) is 0.429.